The number of ether oxygens (including phenoxy) is 1. The van der Waals surface area contributed by atoms with Crippen molar-refractivity contribution in [3.05, 3.63) is 87.6 Å². The molecule has 1 aromatic heterocycles. The lowest BCUT2D eigenvalue weighted by Gasteiger charge is -2.26. The van der Waals surface area contributed by atoms with Crippen LogP contribution in [0.2, 0.25) is 5.02 Å². The zero-order valence-corrected chi connectivity index (χ0v) is 15.7. The summed E-state index contributed by atoms with van der Waals surface area (Å²) in [4.78, 5) is 0. The quantitative estimate of drug-likeness (QED) is 0.582. The summed E-state index contributed by atoms with van der Waals surface area (Å²) in [6.07, 6.45) is -4.92. The molecule has 152 valence electrons. The van der Waals surface area contributed by atoms with Crippen LogP contribution in [0.1, 0.15) is 22.7 Å². The van der Waals surface area contributed by atoms with Gasteiger partial charge in [-0.1, -0.05) is 35.9 Å². The maximum absolute atomic E-state index is 14.7. The van der Waals surface area contributed by atoms with Gasteiger partial charge in [0.1, 0.15) is 17.5 Å². The van der Waals surface area contributed by atoms with Gasteiger partial charge in [0.05, 0.1) is 17.2 Å². The maximum Gasteiger partial charge on any atom is 0.435 e. The molecule has 0 unspecified atom stereocenters. The van der Waals surface area contributed by atoms with Crippen molar-refractivity contribution < 1.29 is 22.3 Å². The highest BCUT2D eigenvalue weighted by Crippen LogP contribution is 2.50. The number of aromatic nitrogens is 2. The van der Waals surface area contributed by atoms with Crippen molar-refractivity contribution in [2.24, 2.45) is 5.73 Å². The molecule has 1 aliphatic heterocycles. The van der Waals surface area contributed by atoms with Crippen LogP contribution >= 0.6 is 11.6 Å². The highest BCUT2D eigenvalue weighted by Gasteiger charge is 2.47. The van der Waals surface area contributed by atoms with E-state index in [-0.39, 0.29) is 22.2 Å². The van der Waals surface area contributed by atoms with Crippen LogP contribution < -0.4 is 10.5 Å². The fraction of sp³-hybridized carbons (Fsp3) is 0.100. The van der Waals surface area contributed by atoms with E-state index in [4.69, 9.17) is 22.1 Å². The van der Waals surface area contributed by atoms with Gasteiger partial charge in [0, 0.05) is 10.6 Å². The lowest BCUT2D eigenvalue weighted by Crippen LogP contribution is -2.24. The lowest BCUT2D eigenvalue weighted by atomic mass is 9.83. The first-order valence-electron chi connectivity index (χ1n) is 8.51. The van der Waals surface area contributed by atoms with E-state index in [2.05, 4.69) is 5.10 Å². The van der Waals surface area contributed by atoms with Crippen LogP contribution in [0, 0.1) is 17.1 Å². The second-order valence-electron chi connectivity index (χ2n) is 6.37. The van der Waals surface area contributed by atoms with E-state index in [9.17, 15) is 22.8 Å². The molecule has 1 aliphatic rings. The summed E-state index contributed by atoms with van der Waals surface area (Å²) in [5.74, 6) is -3.27. The second-order valence-corrected chi connectivity index (χ2v) is 6.78. The first-order chi connectivity index (χ1) is 14.2. The molecule has 30 heavy (non-hydrogen) atoms. The molecule has 0 radical (unpaired) electrons. The smallest absolute Gasteiger partial charge is 0.422 e. The van der Waals surface area contributed by atoms with Gasteiger partial charge in [-0.2, -0.15) is 28.2 Å². The zero-order chi connectivity index (χ0) is 21.6. The molecule has 4 rings (SSSR count). The first-order valence-corrected chi connectivity index (χ1v) is 8.88. The third kappa shape index (κ3) is 3.06. The molecule has 10 heteroatoms. The van der Waals surface area contributed by atoms with Crippen LogP contribution in [0.15, 0.2) is 60.0 Å². The number of benzene rings is 2. The van der Waals surface area contributed by atoms with Crippen LogP contribution in [0.25, 0.3) is 5.69 Å². The molecule has 0 saturated carbocycles. The normalized spacial score (nSPS) is 16.1. The van der Waals surface area contributed by atoms with Gasteiger partial charge in [0.2, 0.25) is 11.8 Å². The standard InChI is InChI=1S/C20H11ClF4N4O/c21-12-7-4-8-13(22)15(12)14-11(9-26)18(27)30-19-16(14)17(20(23,24)25)28-29(19)10-5-2-1-3-6-10/h1-8,14H,27H2/t14-/m1/s1. The van der Waals surface area contributed by atoms with Gasteiger partial charge >= 0.3 is 6.18 Å². The van der Waals surface area contributed by atoms with Crippen LogP contribution in [0.3, 0.4) is 0 Å². The maximum atomic E-state index is 14.7. The Morgan fingerprint density at radius 2 is 1.80 bits per heavy atom. The molecule has 0 saturated heterocycles. The summed E-state index contributed by atoms with van der Waals surface area (Å²) in [5, 5.41) is 13.1. The predicted octanol–water partition coefficient (Wildman–Crippen LogP) is 4.90. The molecule has 2 heterocycles. The van der Waals surface area contributed by atoms with Gasteiger partial charge in [0.15, 0.2) is 5.69 Å². The van der Waals surface area contributed by atoms with Gasteiger partial charge in [0.25, 0.3) is 0 Å². The molecule has 2 aromatic carbocycles. The van der Waals surface area contributed by atoms with E-state index in [0.717, 1.165) is 10.7 Å². The molecule has 0 bridgehead atoms. The highest BCUT2D eigenvalue weighted by molar-refractivity contribution is 6.31. The zero-order valence-electron chi connectivity index (χ0n) is 14.9. The Kier molecular flexibility index (Phi) is 4.67. The fourth-order valence-electron chi connectivity index (χ4n) is 3.37. The Labute approximate surface area is 172 Å². The van der Waals surface area contributed by atoms with Crippen molar-refractivity contribution in [1.82, 2.24) is 9.78 Å². The summed E-state index contributed by atoms with van der Waals surface area (Å²) in [5.41, 5.74) is 3.52. The predicted molar refractivity (Wildman–Crippen MR) is 99.3 cm³/mol. The second kappa shape index (κ2) is 7.07. The minimum Gasteiger partial charge on any atom is -0.422 e. The Bertz CT molecular complexity index is 1190. The Hall–Kier alpha value is -3.51. The number of nitrogens with two attached hydrogens (primary N) is 1. The molecule has 1 atom stereocenters. The van der Waals surface area contributed by atoms with Gasteiger partial charge < -0.3 is 10.5 Å². The van der Waals surface area contributed by atoms with Crippen LogP contribution in [-0.2, 0) is 6.18 Å². The number of halogens is 5. The molecular weight excluding hydrogens is 424 g/mol. The largest absolute Gasteiger partial charge is 0.435 e. The molecular formula is C20H11ClF4N4O. The van der Waals surface area contributed by atoms with E-state index in [1.807, 2.05) is 0 Å². The molecule has 2 N–H and O–H groups in total. The Morgan fingerprint density at radius 3 is 2.40 bits per heavy atom. The van der Waals surface area contributed by atoms with Crippen molar-refractivity contribution in [2.75, 3.05) is 0 Å². The van der Waals surface area contributed by atoms with Crippen molar-refractivity contribution in [3.63, 3.8) is 0 Å². The Morgan fingerprint density at radius 1 is 1.10 bits per heavy atom. The van der Waals surface area contributed by atoms with Crippen LogP contribution in [-0.4, -0.2) is 9.78 Å². The number of nitrogens with zero attached hydrogens (tertiary/aromatic N) is 3. The third-order valence-corrected chi connectivity index (χ3v) is 4.94. The molecule has 0 spiro atoms. The van der Waals surface area contributed by atoms with E-state index >= 15 is 0 Å². The number of allylic oxidation sites excluding steroid dienone is 1. The van der Waals surface area contributed by atoms with Crippen LogP contribution in [0.4, 0.5) is 17.6 Å². The highest BCUT2D eigenvalue weighted by atomic mass is 35.5. The van der Waals surface area contributed by atoms with Gasteiger partial charge in [-0.3, -0.25) is 0 Å². The lowest BCUT2D eigenvalue weighted by molar-refractivity contribution is -0.142. The van der Waals surface area contributed by atoms with E-state index in [0.29, 0.717) is 0 Å². The molecule has 5 nitrogen and oxygen atoms in total. The minimum atomic E-state index is -4.92. The summed E-state index contributed by atoms with van der Waals surface area (Å²) in [6.45, 7) is 0. The van der Waals surface area contributed by atoms with E-state index < -0.39 is 40.6 Å². The summed E-state index contributed by atoms with van der Waals surface area (Å²) in [7, 11) is 0. The van der Waals surface area contributed by atoms with E-state index in [1.165, 1.54) is 24.3 Å². The number of fused-ring (bicyclic) bond motifs is 1. The topological polar surface area (TPSA) is 76.9 Å². The third-order valence-electron chi connectivity index (χ3n) is 4.61. The number of hydrogen-bond acceptors (Lipinski definition) is 4. The van der Waals surface area contributed by atoms with Crippen molar-refractivity contribution in [3.8, 4) is 17.6 Å². The average Bonchev–Trinajstić information content (AvgIpc) is 3.08. The van der Waals surface area contributed by atoms with Crippen molar-refractivity contribution >= 4 is 11.6 Å². The van der Waals surface area contributed by atoms with Crippen molar-refractivity contribution in [1.29, 1.82) is 5.26 Å². The number of alkyl halides is 3. The Balaban J connectivity index is 2.10. The molecule has 0 aliphatic carbocycles. The van der Waals surface area contributed by atoms with Gasteiger partial charge in [-0.15, -0.1) is 0 Å². The monoisotopic (exact) mass is 434 g/mol. The number of rotatable bonds is 2. The summed E-state index contributed by atoms with van der Waals surface area (Å²) >= 11 is 6.13. The summed E-state index contributed by atoms with van der Waals surface area (Å²) < 4.78 is 62.8. The number of para-hydroxylation sites is 1. The first kappa shape index (κ1) is 19.8. The number of hydrogen-bond donors (Lipinski definition) is 1. The average molecular weight is 435 g/mol. The molecule has 0 fully saturated rings. The molecule has 0 amide bonds. The summed E-state index contributed by atoms with van der Waals surface area (Å²) in [6, 6.07) is 13.3. The van der Waals surface area contributed by atoms with Crippen molar-refractivity contribution in [2.45, 2.75) is 12.1 Å². The van der Waals surface area contributed by atoms with Gasteiger partial charge in [-0.05, 0) is 24.3 Å². The van der Waals surface area contributed by atoms with Gasteiger partial charge in [-0.25, -0.2) is 4.39 Å². The fourth-order valence-corrected chi connectivity index (χ4v) is 3.64. The van der Waals surface area contributed by atoms with Crippen LogP contribution in [0.5, 0.6) is 5.88 Å². The minimum absolute atomic E-state index is 0.158. The SMILES string of the molecule is N#CC1=C(N)Oc2c(c(C(F)(F)F)nn2-c2ccccc2)[C@H]1c1c(F)cccc1Cl. The number of nitriles is 1. The van der Waals surface area contributed by atoms with E-state index in [1.54, 1.807) is 24.3 Å². The molecule has 3 aromatic rings.